The predicted molar refractivity (Wildman–Crippen MR) is 135 cm³/mol. The number of halogens is 1. The van der Waals surface area contributed by atoms with E-state index < -0.39 is 15.8 Å². The third kappa shape index (κ3) is 4.66. The molecule has 0 radical (unpaired) electrons. The molecule has 0 spiro atoms. The van der Waals surface area contributed by atoms with Crippen LogP contribution in [0.15, 0.2) is 77.8 Å². The Morgan fingerprint density at radius 3 is 2.46 bits per heavy atom. The number of H-pyrrole nitrogens is 1. The zero-order valence-corrected chi connectivity index (χ0v) is 20.1. The van der Waals surface area contributed by atoms with Gasteiger partial charge in [-0.15, -0.1) is 0 Å². The fraction of sp³-hybridized carbons (Fsp3) is 0.222. The van der Waals surface area contributed by atoms with E-state index in [9.17, 15) is 17.6 Å². The van der Waals surface area contributed by atoms with Crippen molar-refractivity contribution < 1.29 is 17.6 Å². The van der Waals surface area contributed by atoms with Gasteiger partial charge in [0, 0.05) is 41.4 Å². The number of carbonyl (C=O) groups is 1. The fourth-order valence-electron chi connectivity index (χ4n) is 4.69. The number of benzene rings is 3. The molecule has 180 valence electrons. The largest absolute Gasteiger partial charge is 0.361 e. The molecule has 1 saturated heterocycles. The molecule has 3 aromatic carbocycles. The first-order chi connectivity index (χ1) is 16.8. The average molecular weight is 492 g/mol. The van der Waals surface area contributed by atoms with E-state index in [0.29, 0.717) is 30.3 Å². The lowest BCUT2D eigenvalue weighted by molar-refractivity contribution is 0.0713. The number of fused-ring (bicyclic) bond motifs is 1. The van der Waals surface area contributed by atoms with Crippen LogP contribution >= 0.6 is 0 Å². The van der Waals surface area contributed by atoms with E-state index >= 15 is 0 Å². The molecule has 0 atom stereocenters. The van der Waals surface area contributed by atoms with Gasteiger partial charge in [-0.1, -0.05) is 18.2 Å². The van der Waals surface area contributed by atoms with E-state index in [2.05, 4.69) is 28.0 Å². The average Bonchev–Trinajstić information content (AvgIpc) is 3.30. The zero-order valence-electron chi connectivity index (χ0n) is 19.3. The molecule has 0 bridgehead atoms. The second-order valence-electron chi connectivity index (χ2n) is 8.95. The first kappa shape index (κ1) is 23.1. The van der Waals surface area contributed by atoms with Crippen LogP contribution in [0.4, 0.5) is 10.1 Å². The molecule has 5 rings (SSSR count). The number of likely N-dealkylation sites (tertiary alicyclic amines) is 1. The first-order valence-corrected chi connectivity index (χ1v) is 13.0. The van der Waals surface area contributed by atoms with E-state index in [0.717, 1.165) is 24.4 Å². The number of anilines is 1. The molecule has 4 aromatic rings. The van der Waals surface area contributed by atoms with Crippen LogP contribution in [0.3, 0.4) is 0 Å². The molecule has 1 fully saturated rings. The van der Waals surface area contributed by atoms with Gasteiger partial charge in [-0.25, -0.2) is 12.8 Å². The minimum Gasteiger partial charge on any atom is -0.361 e. The van der Waals surface area contributed by atoms with Crippen molar-refractivity contribution in [3.05, 3.63) is 95.4 Å². The van der Waals surface area contributed by atoms with Crippen molar-refractivity contribution >= 4 is 32.5 Å². The van der Waals surface area contributed by atoms with Crippen molar-refractivity contribution in [2.75, 3.05) is 17.8 Å². The van der Waals surface area contributed by atoms with Crippen molar-refractivity contribution in [3.63, 3.8) is 0 Å². The number of rotatable bonds is 5. The molecule has 2 N–H and O–H groups in total. The summed E-state index contributed by atoms with van der Waals surface area (Å²) in [5.74, 6) is -0.120. The van der Waals surface area contributed by atoms with Gasteiger partial charge in [0.1, 0.15) is 5.82 Å². The van der Waals surface area contributed by atoms with Gasteiger partial charge in [0.15, 0.2) is 0 Å². The minimum atomic E-state index is -3.86. The van der Waals surface area contributed by atoms with Gasteiger partial charge in [0.05, 0.1) is 4.90 Å². The van der Waals surface area contributed by atoms with E-state index in [4.69, 9.17) is 0 Å². The van der Waals surface area contributed by atoms with Gasteiger partial charge < -0.3 is 9.88 Å². The van der Waals surface area contributed by atoms with E-state index in [1.807, 2.05) is 17.0 Å². The Balaban J connectivity index is 1.23. The second-order valence-corrected chi connectivity index (χ2v) is 10.6. The number of sulfonamides is 1. The quantitative estimate of drug-likeness (QED) is 0.390. The van der Waals surface area contributed by atoms with Crippen LogP contribution in [0.5, 0.6) is 0 Å². The molecule has 1 aliphatic heterocycles. The van der Waals surface area contributed by atoms with Crippen LogP contribution in [-0.4, -0.2) is 37.3 Å². The summed E-state index contributed by atoms with van der Waals surface area (Å²) in [5, 5.41) is 1.24. The fourth-order valence-corrected chi connectivity index (χ4v) is 5.83. The number of hydrogen-bond donors (Lipinski definition) is 2. The van der Waals surface area contributed by atoms with Gasteiger partial charge in [-0.2, -0.15) is 0 Å². The number of piperidine rings is 1. The maximum atomic E-state index is 13.5. The van der Waals surface area contributed by atoms with E-state index in [1.54, 1.807) is 24.3 Å². The summed E-state index contributed by atoms with van der Waals surface area (Å²) < 4.78 is 41.2. The Kier molecular flexibility index (Phi) is 6.06. The summed E-state index contributed by atoms with van der Waals surface area (Å²) in [4.78, 5) is 18.2. The molecule has 1 amide bonds. The van der Waals surface area contributed by atoms with E-state index in [-0.39, 0.29) is 16.4 Å². The Labute approximate surface area is 203 Å². The Hall–Kier alpha value is -3.65. The predicted octanol–water partition coefficient (Wildman–Crippen LogP) is 5.44. The lowest BCUT2D eigenvalue weighted by atomic mass is 9.89. The smallest absolute Gasteiger partial charge is 0.261 e. The summed E-state index contributed by atoms with van der Waals surface area (Å²) in [5.41, 5.74) is 3.53. The van der Waals surface area contributed by atoms with Gasteiger partial charge in [-0.05, 0) is 85.3 Å². The third-order valence-electron chi connectivity index (χ3n) is 6.67. The summed E-state index contributed by atoms with van der Waals surface area (Å²) in [6.07, 6.45) is 3.87. The standard InChI is InChI=1S/C27H26FN3O3S/c1-18-16-22(10-11-25(18)28)35(33,34)30-21-8-6-20(7-9-21)27(32)31-14-12-19(13-15-31)24-17-29-26-5-3-2-4-23(24)26/h2-11,16-17,19,29-30H,12-15H2,1H3. The lowest BCUT2D eigenvalue weighted by Gasteiger charge is -2.32. The number of carbonyl (C=O) groups excluding carboxylic acids is 1. The molecule has 35 heavy (non-hydrogen) atoms. The van der Waals surface area contributed by atoms with Crippen LogP contribution in [-0.2, 0) is 10.0 Å². The van der Waals surface area contributed by atoms with Crippen LogP contribution in [0.25, 0.3) is 10.9 Å². The summed E-state index contributed by atoms with van der Waals surface area (Å²) in [6, 6.07) is 18.3. The maximum Gasteiger partial charge on any atom is 0.261 e. The molecule has 0 unspecified atom stereocenters. The highest BCUT2D eigenvalue weighted by atomic mass is 32.2. The molecular weight excluding hydrogens is 465 g/mol. The van der Waals surface area contributed by atoms with Crippen molar-refractivity contribution in [1.29, 1.82) is 0 Å². The van der Waals surface area contributed by atoms with Gasteiger partial charge in [0.2, 0.25) is 0 Å². The number of aryl methyl sites for hydroxylation is 1. The van der Waals surface area contributed by atoms with Crippen molar-refractivity contribution in [1.82, 2.24) is 9.88 Å². The Morgan fingerprint density at radius 1 is 1.03 bits per heavy atom. The number of amides is 1. The molecule has 0 saturated carbocycles. The zero-order chi connectivity index (χ0) is 24.6. The molecular formula is C27H26FN3O3S. The number of aromatic nitrogens is 1. The maximum absolute atomic E-state index is 13.5. The SMILES string of the molecule is Cc1cc(S(=O)(=O)Nc2ccc(C(=O)N3CCC(c4c[nH]c5ccccc45)CC3)cc2)ccc1F. The number of para-hydroxylation sites is 1. The second kappa shape index (κ2) is 9.19. The number of nitrogens with zero attached hydrogens (tertiary/aromatic N) is 1. The van der Waals surface area contributed by atoms with E-state index in [1.165, 1.54) is 30.0 Å². The molecule has 1 aromatic heterocycles. The van der Waals surface area contributed by atoms with Crippen LogP contribution in [0.2, 0.25) is 0 Å². The molecule has 0 aliphatic carbocycles. The van der Waals surface area contributed by atoms with Gasteiger partial charge in [0.25, 0.3) is 15.9 Å². The highest BCUT2D eigenvalue weighted by molar-refractivity contribution is 7.92. The molecule has 6 nitrogen and oxygen atoms in total. The molecule has 1 aliphatic rings. The van der Waals surface area contributed by atoms with Gasteiger partial charge >= 0.3 is 0 Å². The van der Waals surface area contributed by atoms with Crippen LogP contribution < -0.4 is 4.72 Å². The molecule has 2 heterocycles. The topological polar surface area (TPSA) is 82.3 Å². The van der Waals surface area contributed by atoms with Crippen LogP contribution in [0.1, 0.15) is 40.2 Å². The normalized spacial score (nSPS) is 14.9. The number of aromatic amines is 1. The summed E-state index contributed by atoms with van der Waals surface area (Å²) in [6.45, 7) is 2.85. The highest BCUT2D eigenvalue weighted by Crippen LogP contribution is 2.33. The highest BCUT2D eigenvalue weighted by Gasteiger charge is 2.26. The Morgan fingerprint density at radius 2 is 1.74 bits per heavy atom. The third-order valence-corrected chi connectivity index (χ3v) is 8.05. The monoisotopic (exact) mass is 491 g/mol. The lowest BCUT2D eigenvalue weighted by Crippen LogP contribution is -2.37. The summed E-state index contributed by atoms with van der Waals surface area (Å²) in [7, 11) is -3.86. The number of hydrogen-bond acceptors (Lipinski definition) is 3. The molecule has 8 heteroatoms. The van der Waals surface area contributed by atoms with Crippen LogP contribution in [0, 0.1) is 12.7 Å². The Bertz CT molecular complexity index is 1490. The van der Waals surface area contributed by atoms with Crippen molar-refractivity contribution in [2.45, 2.75) is 30.6 Å². The minimum absolute atomic E-state index is 0.0189. The first-order valence-electron chi connectivity index (χ1n) is 11.6. The van der Waals surface area contributed by atoms with Crippen molar-refractivity contribution in [2.24, 2.45) is 0 Å². The van der Waals surface area contributed by atoms with Crippen molar-refractivity contribution in [3.8, 4) is 0 Å². The number of nitrogens with one attached hydrogen (secondary N) is 2. The van der Waals surface area contributed by atoms with Gasteiger partial charge in [-0.3, -0.25) is 9.52 Å². The summed E-state index contributed by atoms with van der Waals surface area (Å²) >= 11 is 0.